The van der Waals surface area contributed by atoms with Gasteiger partial charge in [-0.3, -0.25) is 0 Å². The largest absolute Gasteiger partial charge is 0.122 e. The average molecular weight is 118 g/mol. The van der Waals surface area contributed by atoms with Crippen LogP contribution in [0.5, 0.6) is 0 Å². The van der Waals surface area contributed by atoms with Crippen molar-refractivity contribution in [2.45, 2.75) is 25.6 Å². The second kappa shape index (κ2) is 1.66. The van der Waals surface area contributed by atoms with Gasteiger partial charge in [-0.25, -0.2) is 0 Å². The lowest BCUT2D eigenvalue weighted by Crippen LogP contribution is -1.87. The van der Waals surface area contributed by atoms with Crippen LogP contribution in [0.1, 0.15) is 20.3 Å². The van der Waals surface area contributed by atoms with E-state index in [0.29, 0.717) is 5.38 Å². The molecule has 1 radical (unpaired) electrons. The maximum atomic E-state index is 5.71. The zero-order valence-corrected chi connectivity index (χ0v) is 5.50. The molecule has 0 heterocycles. The summed E-state index contributed by atoms with van der Waals surface area (Å²) >= 11 is 5.71. The van der Waals surface area contributed by atoms with E-state index in [-0.39, 0.29) is 0 Å². The van der Waals surface area contributed by atoms with Gasteiger partial charge in [0.05, 0.1) is 0 Å². The Morgan fingerprint density at radius 1 is 1.71 bits per heavy atom. The van der Waals surface area contributed by atoms with Crippen molar-refractivity contribution < 1.29 is 0 Å². The molecule has 1 saturated carbocycles. The zero-order chi connectivity index (χ0) is 5.44. The summed E-state index contributed by atoms with van der Waals surface area (Å²) in [5.41, 5.74) is 0. The van der Waals surface area contributed by atoms with Gasteiger partial charge in [-0.2, -0.15) is 0 Å². The second-order valence-electron chi connectivity index (χ2n) is 2.40. The predicted octanol–water partition coefficient (Wildman–Crippen LogP) is 2.23. The Bertz CT molecular complexity index is 68.6. The molecular weight excluding hydrogens is 108 g/mol. The van der Waals surface area contributed by atoms with Gasteiger partial charge in [0.2, 0.25) is 0 Å². The highest BCUT2D eigenvalue weighted by atomic mass is 35.5. The third kappa shape index (κ3) is 1.09. The Kier molecular flexibility index (Phi) is 1.29. The number of rotatable bonds is 1. The van der Waals surface area contributed by atoms with Crippen LogP contribution in [-0.2, 0) is 0 Å². The third-order valence-electron chi connectivity index (χ3n) is 1.40. The van der Waals surface area contributed by atoms with Gasteiger partial charge in [-0.1, -0.05) is 13.8 Å². The normalized spacial score (nSPS) is 31.7. The number of halogens is 1. The van der Waals surface area contributed by atoms with Crippen LogP contribution in [0.2, 0.25) is 0 Å². The average Bonchev–Trinajstić information content (AvgIpc) is 2.17. The van der Waals surface area contributed by atoms with Gasteiger partial charge in [0.15, 0.2) is 0 Å². The van der Waals surface area contributed by atoms with E-state index in [1.54, 1.807) is 0 Å². The van der Waals surface area contributed by atoms with Gasteiger partial charge in [0.25, 0.3) is 0 Å². The van der Waals surface area contributed by atoms with Crippen molar-refractivity contribution >= 4 is 11.6 Å². The minimum absolute atomic E-state index is 0.431. The molecule has 0 amide bonds. The maximum Gasteiger partial charge on any atom is 0.0407 e. The van der Waals surface area contributed by atoms with E-state index >= 15 is 0 Å². The Labute approximate surface area is 49.9 Å². The maximum absolute atomic E-state index is 5.71. The first-order valence-electron chi connectivity index (χ1n) is 2.71. The fraction of sp³-hybridized carbons (Fsp3) is 0.833. The molecule has 1 heteroatoms. The number of hydrogen-bond acceptors (Lipinski definition) is 0. The molecule has 0 bridgehead atoms. The fourth-order valence-electron chi connectivity index (χ4n) is 0.745. The van der Waals surface area contributed by atoms with Crippen molar-refractivity contribution in [2.24, 2.45) is 5.92 Å². The molecular formula is C6H10Cl. The van der Waals surface area contributed by atoms with E-state index in [1.807, 2.05) is 0 Å². The molecule has 0 aromatic rings. The van der Waals surface area contributed by atoms with Crippen LogP contribution in [0.4, 0.5) is 0 Å². The summed E-state index contributed by atoms with van der Waals surface area (Å²) in [7, 11) is 0. The molecule has 1 unspecified atom stereocenters. The summed E-state index contributed by atoms with van der Waals surface area (Å²) in [5.74, 6) is 2.25. The molecule has 7 heavy (non-hydrogen) atoms. The molecule has 41 valence electrons. The van der Waals surface area contributed by atoms with Gasteiger partial charge in [-0.15, -0.1) is 11.6 Å². The van der Waals surface area contributed by atoms with Crippen LogP contribution in [0.3, 0.4) is 0 Å². The molecule has 0 N–H and O–H groups in total. The molecule has 1 fully saturated rings. The van der Waals surface area contributed by atoms with E-state index in [0.717, 1.165) is 5.92 Å². The van der Waals surface area contributed by atoms with Crippen molar-refractivity contribution in [3.63, 3.8) is 0 Å². The van der Waals surface area contributed by atoms with Crippen molar-refractivity contribution in [3.8, 4) is 0 Å². The van der Waals surface area contributed by atoms with Gasteiger partial charge < -0.3 is 0 Å². The summed E-state index contributed by atoms with van der Waals surface area (Å²) < 4.78 is 0. The minimum atomic E-state index is 0.431. The summed E-state index contributed by atoms with van der Waals surface area (Å²) in [6, 6.07) is 0. The number of hydrogen-bond donors (Lipinski definition) is 0. The Hall–Kier alpha value is 0.290. The lowest BCUT2D eigenvalue weighted by Gasteiger charge is -1.95. The molecule has 0 spiro atoms. The molecule has 0 saturated heterocycles. The van der Waals surface area contributed by atoms with E-state index in [1.165, 1.54) is 12.3 Å². The molecule has 0 nitrogen and oxygen atoms in total. The van der Waals surface area contributed by atoms with E-state index in [9.17, 15) is 0 Å². The minimum Gasteiger partial charge on any atom is -0.122 e. The SMILES string of the molecule is CC(C)[C]1CC1Cl. The summed E-state index contributed by atoms with van der Waals surface area (Å²) in [6.45, 7) is 4.38. The molecule has 1 aliphatic carbocycles. The number of alkyl halides is 1. The van der Waals surface area contributed by atoms with Crippen molar-refractivity contribution in [3.05, 3.63) is 5.92 Å². The van der Waals surface area contributed by atoms with Gasteiger partial charge in [-0.05, 0) is 18.3 Å². The third-order valence-corrected chi connectivity index (χ3v) is 1.83. The Morgan fingerprint density at radius 2 is 2.14 bits per heavy atom. The molecule has 1 rings (SSSR count). The zero-order valence-electron chi connectivity index (χ0n) is 4.74. The molecule has 1 atom stereocenters. The molecule has 1 aliphatic rings. The predicted molar refractivity (Wildman–Crippen MR) is 32.3 cm³/mol. The summed E-state index contributed by atoms with van der Waals surface area (Å²) in [4.78, 5) is 0. The van der Waals surface area contributed by atoms with Gasteiger partial charge in [0.1, 0.15) is 0 Å². The first-order valence-corrected chi connectivity index (χ1v) is 3.15. The van der Waals surface area contributed by atoms with Crippen LogP contribution in [-0.4, -0.2) is 5.38 Å². The lowest BCUT2D eigenvalue weighted by molar-refractivity contribution is 0.740. The Balaban J connectivity index is 2.20. The van der Waals surface area contributed by atoms with E-state index < -0.39 is 0 Å². The Morgan fingerprint density at radius 3 is 2.14 bits per heavy atom. The lowest BCUT2D eigenvalue weighted by atomic mass is 10.1. The van der Waals surface area contributed by atoms with Crippen LogP contribution >= 0.6 is 11.6 Å². The van der Waals surface area contributed by atoms with Crippen LogP contribution in [0, 0.1) is 11.8 Å². The van der Waals surface area contributed by atoms with Crippen LogP contribution in [0.25, 0.3) is 0 Å². The molecule has 0 aromatic carbocycles. The van der Waals surface area contributed by atoms with Crippen molar-refractivity contribution in [2.75, 3.05) is 0 Å². The van der Waals surface area contributed by atoms with Gasteiger partial charge in [0, 0.05) is 5.38 Å². The van der Waals surface area contributed by atoms with Crippen molar-refractivity contribution in [1.29, 1.82) is 0 Å². The summed E-state index contributed by atoms with van der Waals surface area (Å²) in [5, 5.41) is 0.431. The highest BCUT2D eigenvalue weighted by Gasteiger charge is 2.37. The van der Waals surface area contributed by atoms with Crippen LogP contribution < -0.4 is 0 Å². The first kappa shape index (κ1) is 5.43. The topological polar surface area (TPSA) is 0 Å². The van der Waals surface area contributed by atoms with Crippen molar-refractivity contribution in [1.82, 2.24) is 0 Å². The molecule has 0 aromatic heterocycles. The highest BCUT2D eigenvalue weighted by Crippen LogP contribution is 2.43. The van der Waals surface area contributed by atoms with Gasteiger partial charge >= 0.3 is 0 Å². The highest BCUT2D eigenvalue weighted by molar-refractivity contribution is 6.24. The van der Waals surface area contributed by atoms with E-state index in [4.69, 9.17) is 11.6 Å². The molecule has 0 aliphatic heterocycles. The quantitative estimate of drug-likeness (QED) is 0.462. The van der Waals surface area contributed by atoms with Crippen LogP contribution in [0.15, 0.2) is 0 Å². The first-order chi connectivity index (χ1) is 3.22. The monoisotopic (exact) mass is 117 g/mol. The second-order valence-corrected chi connectivity index (χ2v) is 2.93. The standard InChI is InChI=1S/C6H10Cl/c1-4(2)5-3-6(5)7/h4,6H,3H2,1-2H3. The fourth-order valence-corrected chi connectivity index (χ4v) is 1.18. The summed E-state index contributed by atoms with van der Waals surface area (Å²) in [6.07, 6.45) is 1.17. The smallest absolute Gasteiger partial charge is 0.0407 e. The van der Waals surface area contributed by atoms with E-state index in [2.05, 4.69) is 13.8 Å².